The number of aliphatic hydroxyl groups is 1. The van der Waals surface area contributed by atoms with Crippen molar-refractivity contribution in [3.63, 3.8) is 0 Å². The summed E-state index contributed by atoms with van der Waals surface area (Å²) < 4.78 is 5.44. The van der Waals surface area contributed by atoms with Gasteiger partial charge in [-0.3, -0.25) is 4.90 Å². The van der Waals surface area contributed by atoms with Crippen LogP contribution in [0.4, 0.5) is 0 Å². The average molecular weight is 249 g/mol. The predicted octanol–water partition coefficient (Wildman–Crippen LogP) is 2.43. The standard InChI is InChI=1S/C15H23NO2/c1-2-18-15-8-6-13(7-9-15)12-16(10-11-17)14-4-3-5-14/h6-9,14,17H,2-5,10-12H2,1H3. The minimum absolute atomic E-state index is 0.244. The van der Waals surface area contributed by atoms with Gasteiger partial charge in [-0.15, -0.1) is 0 Å². The molecule has 0 amide bonds. The van der Waals surface area contributed by atoms with Crippen molar-refractivity contribution in [2.75, 3.05) is 19.8 Å². The van der Waals surface area contributed by atoms with Crippen LogP contribution in [0, 0.1) is 0 Å². The fourth-order valence-corrected chi connectivity index (χ4v) is 2.36. The van der Waals surface area contributed by atoms with Gasteiger partial charge in [-0.2, -0.15) is 0 Å². The minimum Gasteiger partial charge on any atom is -0.494 e. The molecule has 0 unspecified atom stereocenters. The van der Waals surface area contributed by atoms with E-state index >= 15 is 0 Å². The van der Waals surface area contributed by atoms with E-state index in [1.807, 2.05) is 19.1 Å². The number of hydrogen-bond donors (Lipinski definition) is 1. The van der Waals surface area contributed by atoms with Crippen LogP contribution in [0.3, 0.4) is 0 Å². The monoisotopic (exact) mass is 249 g/mol. The van der Waals surface area contributed by atoms with Crippen molar-refractivity contribution in [1.82, 2.24) is 4.90 Å². The molecular weight excluding hydrogens is 226 g/mol. The second-order valence-electron chi connectivity index (χ2n) is 4.86. The summed E-state index contributed by atoms with van der Waals surface area (Å²) in [6, 6.07) is 8.96. The summed E-state index contributed by atoms with van der Waals surface area (Å²) in [5.41, 5.74) is 1.29. The van der Waals surface area contributed by atoms with Crippen molar-refractivity contribution < 1.29 is 9.84 Å². The van der Waals surface area contributed by atoms with Gasteiger partial charge in [-0.05, 0) is 37.5 Å². The first-order valence-electron chi connectivity index (χ1n) is 6.90. The molecule has 1 fully saturated rings. The normalized spacial score (nSPS) is 15.7. The van der Waals surface area contributed by atoms with E-state index in [9.17, 15) is 0 Å². The first kappa shape index (κ1) is 13.4. The Morgan fingerprint density at radius 2 is 2.00 bits per heavy atom. The van der Waals surface area contributed by atoms with Gasteiger partial charge < -0.3 is 9.84 Å². The van der Waals surface area contributed by atoms with Crippen LogP contribution < -0.4 is 4.74 Å². The van der Waals surface area contributed by atoms with E-state index in [0.29, 0.717) is 12.6 Å². The third-order valence-corrected chi connectivity index (χ3v) is 3.60. The largest absolute Gasteiger partial charge is 0.494 e. The molecule has 0 heterocycles. The lowest BCUT2D eigenvalue weighted by Crippen LogP contribution is -2.41. The molecule has 3 nitrogen and oxygen atoms in total. The highest BCUT2D eigenvalue weighted by Gasteiger charge is 2.24. The third-order valence-electron chi connectivity index (χ3n) is 3.60. The zero-order chi connectivity index (χ0) is 12.8. The van der Waals surface area contributed by atoms with Gasteiger partial charge in [0.15, 0.2) is 0 Å². The Hall–Kier alpha value is -1.06. The molecule has 3 heteroatoms. The van der Waals surface area contributed by atoms with E-state index in [0.717, 1.165) is 18.8 Å². The van der Waals surface area contributed by atoms with E-state index in [4.69, 9.17) is 9.84 Å². The SMILES string of the molecule is CCOc1ccc(CN(CCO)C2CCC2)cc1. The lowest BCUT2D eigenvalue weighted by atomic mass is 9.91. The molecule has 1 aromatic carbocycles. The second kappa shape index (κ2) is 6.76. The Labute approximate surface area is 109 Å². The van der Waals surface area contributed by atoms with Crippen molar-refractivity contribution >= 4 is 0 Å². The van der Waals surface area contributed by atoms with Crippen LogP contribution in [0.25, 0.3) is 0 Å². The molecule has 0 radical (unpaired) electrons. The van der Waals surface area contributed by atoms with Gasteiger partial charge in [0, 0.05) is 19.1 Å². The molecule has 1 aliphatic carbocycles. The highest BCUT2D eigenvalue weighted by atomic mass is 16.5. The molecule has 0 bridgehead atoms. The van der Waals surface area contributed by atoms with Gasteiger partial charge in [-0.1, -0.05) is 18.6 Å². The molecule has 100 valence electrons. The zero-order valence-corrected chi connectivity index (χ0v) is 11.1. The molecule has 1 N–H and O–H groups in total. The Kier molecular flexibility index (Phi) is 5.02. The first-order valence-corrected chi connectivity index (χ1v) is 6.90. The summed E-state index contributed by atoms with van der Waals surface area (Å²) in [4.78, 5) is 2.39. The molecular formula is C15H23NO2. The van der Waals surface area contributed by atoms with Gasteiger partial charge in [0.1, 0.15) is 5.75 Å². The number of hydrogen-bond acceptors (Lipinski definition) is 3. The van der Waals surface area contributed by atoms with Gasteiger partial charge in [-0.25, -0.2) is 0 Å². The van der Waals surface area contributed by atoms with Gasteiger partial charge in [0.2, 0.25) is 0 Å². The second-order valence-corrected chi connectivity index (χ2v) is 4.86. The highest BCUT2D eigenvalue weighted by molar-refractivity contribution is 5.27. The van der Waals surface area contributed by atoms with Crippen molar-refractivity contribution in [1.29, 1.82) is 0 Å². The summed E-state index contributed by atoms with van der Waals surface area (Å²) in [5, 5.41) is 9.14. The number of aliphatic hydroxyl groups excluding tert-OH is 1. The van der Waals surface area contributed by atoms with Crippen molar-refractivity contribution in [2.24, 2.45) is 0 Å². The Balaban J connectivity index is 1.92. The summed E-state index contributed by atoms with van der Waals surface area (Å²) in [7, 11) is 0. The number of ether oxygens (including phenoxy) is 1. The smallest absolute Gasteiger partial charge is 0.119 e. The maximum atomic E-state index is 9.14. The molecule has 0 atom stereocenters. The topological polar surface area (TPSA) is 32.7 Å². The van der Waals surface area contributed by atoms with Crippen molar-refractivity contribution in [3.05, 3.63) is 29.8 Å². The van der Waals surface area contributed by atoms with Crippen LogP contribution in [0.5, 0.6) is 5.75 Å². The van der Waals surface area contributed by atoms with Crippen LogP contribution in [0.1, 0.15) is 31.7 Å². The molecule has 2 rings (SSSR count). The van der Waals surface area contributed by atoms with E-state index in [1.165, 1.54) is 24.8 Å². The molecule has 1 saturated carbocycles. The van der Waals surface area contributed by atoms with E-state index in [1.54, 1.807) is 0 Å². The van der Waals surface area contributed by atoms with E-state index in [2.05, 4.69) is 17.0 Å². The Morgan fingerprint density at radius 1 is 1.28 bits per heavy atom. The van der Waals surface area contributed by atoms with Crippen LogP contribution in [-0.2, 0) is 6.54 Å². The van der Waals surface area contributed by atoms with Gasteiger partial charge in [0.25, 0.3) is 0 Å². The molecule has 0 saturated heterocycles. The number of benzene rings is 1. The molecule has 0 aromatic heterocycles. The third kappa shape index (κ3) is 3.47. The average Bonchev–Trinajstić information content (AvgIpc) is 2.30. The van der Waals surface area contributed by atoms with E-state index in [-0.39, 0.29) is 6.61 Å². The molecule has 0 spiro atoms. The van der Waals surface area contributed by atoms with Gasteiger partial charge in [0.05, 0.1) is 13.2 Å². The predicted molar refractivity (Wildman–Crippen MR) is 72.7 cm³/mol. The molecule has 0 aliphatic heterocycles. The molecule has 18 heavy (non-hydrogen) atoms. The quantitative estimate of drug-likeness (QED) is 0.805. The van der Waals surface area contributed by atoms with Crippen molar-refractivity contribution in [3.8, 4) is 5.75 Å². The zero-order valence-electron chi connectivity index (χ0n) is 11.1. The summed E-state index contributed by atoms with van der Waals surface area (Å²) in [5.74, 6) is 0.929. The Bertz CT molecular complexity index is 346. The van der Waals surface area contributed by atoms with Crippen LogP contribution in [0.2, 0.25) is 0 Å². The fourth-order valence-electron chi connectivity index (χ4n) is 2.36. The summed E-state index contributed by atoms with van der Waals surface area (Å²) in [6.07, 6.45) is 3.88. The van der Waals surface area contributed by atoms with Crippen LogP contribution >= 0.6 is 0 Å². The summed E-state index contributed by atoms with van der Waals surface area (Å²) >= 11 is 0. The molecule has 1 aliphatic rings. The van der Waals surface area contributed by atoms with Crippen LogP contribution in [-0.4, -0.2) is 35.8 Å². The highest BCUT2D eigenvalue weighted by Crippen LogP contribution is 2.26. The summed E-state index contributed by atoms with van der Waals surface area (Å²) in [6.45, 7) is 4.65. The number of nitrogens with zero attached hydrogens (tertiary/aromatic N) is 1. The molecule has 1 aromatic rings. The van der Waals surface area contributed by atoms with Gasteiger partial charge >= 0.3 is 0 Å². The lowest BCUT2D eigenvalue weighted by Gasteiger charge is -2.37. The minimum atomic E-state index is 0.244. The fraction of sp³-hybridized carbons (Fsp3) is 0.600. The number of rotatable bonds is 7. The van der Waals surface area contributed by atoms with Crippen molar-refractivity contribution in [2.45, 2.75) is 38.8 Å². The Morgan fingerprint density at radius 3 is 2.50 bits per heavy atom. The maximum Gasteiger partial charge on any atom is 0.119 e. The first-order chi connectivity index (χ1) is 8.83. The van der Waals surface area contributed by atoms with E-state index < -0.39 is 0 Å². The van der Waals surface area contributed by atoms with Crippen LogP contribution in [0.15, 0.2) is 24.3 Å². The lowest BCUT2D eigenvalue weighted by molar-refractivity contribution is 0.0945. The maximum absolute atomic E-state index is 9.14.